The minimum Gasteiger partial charge on any atom is -0.469 e. The van der Waals surface area contributed by atoms with Gasteiger partial charge in [0.2, 0.25) is 0 Å². The maximum absolute atomic E-state index is 12.0. The van der Waals surface area contributed by atoms with Crippen molar-refractivity contribution in [2.24, 2.45) is 5.92 Å². The molecule has 1 heterocycles. The molecule has 0 aliphatic carbocycles. The number of rotatable bonds is 6. The maximum Gasteiger partial charge on any atom is 0.323 e. The van der Waals surface area contributed by atoms with E-state index in [4.69, 9.17) is 14.2 Å². The summed E-state index contributed by atoms with van der Waals surface area (Å²) in [5.41, 5.74) is 0.879. The summed E-state index contributed by atoms with van der Waals surface area (Å²) in [6, 6.07) is 8.66. The van der Waals surface area contributed by atoms with Gasteiger partial charge >= 0.3 is 17.9 Å². The number of hydrogen-bond donors (Lipinski definition) is 0. The molecule has 1 aromatic carbocycles. The van der Waals surface area contributed by atoms with Crippen molar-refractivity contribution >= 4 is 17.9 Å². The number of ether oxygens (including phenoxy) is 3. The van der Waals surface area contributed by atoms with Crippen molar-refractivity contribution in [3.8, 4) is 0 Å². The number of likely N-dealkylation sites (tertiary alicyclic amines) is 1. The molecule has 0 bridgehead atoms. The number of benzene rings is 1. The molecule has 24 heavy (non-hydrogen) atoms. The van der Waals surface area contributed by atoms with E-state index in [-0.39, 0.29) is 26.1 Å². The van der Waals surface area contributed by atoms with E-state index < -0.39 is 29.9 Å². The fourth-order valence-corrected chi connectivity index (χ4v) is 2.75. The number of carbonyl (C=O) groups excluding carboxylic acids is 3. The van der Waals surface area contributed by atoms with Crippen molar-refractivity contribution in [2.45, 2.75) is 19.1 Å². The van der Waals surface area contributed by atoms with Crippen LogP contribution in [0.25, 0.3) is 0 Å². The predicted octanol–water partition coefficient (Wildman–Crippen LogP) is 0.766. The summed E-state index contributed by atoms with van der Waals surface area (Å²) in [5.74, 6) is -1.79. The highest BCUT2D eigenvalue weighted by Crippen LogP contribution is 2.25. The van der Waals surface area contributed by atoms with Crippen LogP contribution in [-0.2, 0) is 35.2 Å². The molecule has 7 nitrogen and oxygen atoms in total. The Morgan fingerprint density at radius 2 is 1.75 bits per heavy atom. The number of esters is 3. The van der Waals surface area contributed by atoms with E-state index in [9.17, 15) is 14.4 Å². The van der Waals surface area contributed by atoms with E-state index >= 15 is 0 Å². The Bertz CT molecular complexity index is 588. The Hall–Kier alpha value is -2.41. The summed E-state index contributed by atoms with van der Waals surface area (Å²) < 4.78 is 14.7. The number of hydrogen-bond acceptors (Lipinski definition) is 7. The molecule has 0 aromatic heterocycles. The lowest BCUT2D eigenvalue weighted by Gasteiger charge is -2.21. The summed E-state index contributed by atoms with van der Waals surface area (Å²) >= 11 is 0. The normalized spacial score (nSPS) is 20.4. The first kappa shape index (κ1) is 17.9. The second-order valence-electron chi connectivity index (χ2n) is 5.57. The van der Waals surface area contributed by atoms with Crippen molar-refractivity contribution in [2.75, 3.05) is 27.3 Å². The minimum absolute atomic E-state index is 0.0832. The van der Waals surface area contributed by atoms with Gasteiger partial charge in [0, 0.05) is 6.54 Å². The Morgan fingerprint density at radius 3 is 2.38 bits per heavy atom. The minimum atomic E-state index is -0.650. The third kappa shape index (κ3) is 4.55. The van der Waals surface area contributed by atoms with Crippen molar-refractivity contribution < 1.29 is 28.6 Å². The molecule has 2 rings (SSSR count). The lowest BCUT2D eigenvalue weighted by atomic mass is 10.1. The van der Waals surface area contributed by atoms with Gasteiger partial charge in [0.15, 0.2) is 0 Å². The number of nitrogens with zero attached hydrogens (tertiary/aromatic N) is 1. The average molecular weight is 335 g/mol. The molecular formula is C17H21NO6. The first-order valence-electron chi connectivity index (χ1n) is 7.64. The lowest BCUT2D eigenvalue weighted by molar-refractivity contribution is -0.150. The van der Waals surface area contributed by atoms with Crippen LogP contribution in [0.5, 0.6) is 0 Å². The van der Waals surface area contributed by atoms with Gasteiger partial charge in [-0.1, -0.05) is 30.3 Å². The van der Waals surface area contributed by atoms with E-state index in [2.05, 4.69) is 0 Å². The summed E-state index contributed by atoms with van der Waals surface area (Å²) in [7, 11) is 2.58. The number of methoxy groups -OCH3 is 2. The second kappa shape index (κ2) is 8.44. The number of carbonyl (C=O) groups is 3. The van der Waals surface area contributed by atoms with Gasteiger partial charge in [-0.25, -0.2) is 0 Å². The molecule has 130 valence electrons. The van der Waals surface area contributed by atoms with Gasteiger partial charge in [0.25, 0.3) is 0 Å². The molecule has 0 amide bonds. The summed E-state index contributed by atoms with van der Waals surface area (Å²) in [6.07, 6.45) is 0.269. The van der Waals surface area contributed by atoms with E-state index in [0.717, 1.165) is 5.56 Å². The second-order valence-corrected chi connectivity index (χ2v) is 5.57. The Kier molecular flexibility index (Phi) is 6.31. The molecule has 2 atom stereocenters. The molecule has 1 aromatic rings. The van der Waals surface area contributed by atoms with Crippen molar-refractivity contribution in [1.29, 1.82) is 0 Å². The van der Waals surface area contributed by atoms with Crippen LogP contribution in [-0.4, -0.2) is 56.2 Å². The third-order valence-corrected chi connectivity index (χ3v) is 3.99. The molecule has 0 saturated carbocycles. The first-order valence-corrected chi connectivity index (χ1v) is 7.64. The van der Waals surface area contributed by atoms with Crippen LogP contribution in [0.15, 0.2) is 30.3 Å². The standard InChI is InChI=1S/C17H21NO6/c1-22-16(20)13-8-14(17(21)23-2)18(9-13)10-15(19)24-11-12-6-4-3-5-7-12/h3-7,13-14H,8-11H2,1-2H3/t13-,14-/m0/s1. The van der Waals surface area contributed by atoms with E-state index in [0.29, 0.717) is 0 Å². The SMILES string of the molecule is COC(=O)[C@H]1C[C@@H](C(=O)OC)N(CC(=O)OCc2ccccc2)C1. The molecule has 7 heteroatoms. The zero-order chi connectivity index (χ0) is 17.5. The van der Waals surface area contributed by atoms with Crippen molar-refractivity contribution in [1.82, 2.24) is 4.90 Å². The average Bonchev–Trinajstić information content (AvgIpc) is 3.03. The van der Waals surface area contributed by atoms with Crippen LogP contribution < -0.4 is 0 Å². The highest BCUT2D eigenvalue weighted by Gasteiger charge is 2.42. The van der Waals surface area contributed by atoms with E-state index in [1.54, 1.807) is 4.90 Å². The predicted molar refractivity (Wildman–Crippen MR) is 83.7 cm³/mol. The van der Waals surface area contributed by atoms with E-state index in [1.807, 2.05) is 30.3 Å². The fraction of sp³-hybridized carbons (Fsp3) is 0.471. The van der Waals surface area contributed by atoms with Crippen LogP contribution in [0.2, 0.25) is 0 Å². The molecule has 0 unspecified atom stereocenters. The molecule has 0 radical (unpaired) electrons. The summed E-state index contributed by atoms with van der Waals surface area (Å²) in [5, 5.41) is 0. The molecule has 1 aliphatic rings. The van der Waals surface area contributed by atoms with Gasteiger partial charge < -0.3 is 14.2 Å². The Balaban J connectivity index is 1.93. The van der Waals surface area contributed by atoms with Crippen molar-refractivity contribution in [3.63, 3.8) is 0 Å². The zero-order valence-corrected chi connectivity index (χ0v) is 13.8. The van der Waals surface area contributed by atoms with E-state index in [1.165, 1.54) is 14.2 Å². The molecule has 1 fully saturated rings. The molecule has 0 spiro atoms. The Morgan fingerprint density at radius 1 is 1.08 bits per heavy atom. The molecular weight excluding hydrogens is 314 g/mol. The molecule has 0 N–H and O–H groups in total. The van der Waals surface area contributed by atoms with Crippen LogP contribution in [0.4, 0.5) is 0 Å². The monoisotopic (exact) mass is 335 g/mol. The van der Waals surface area contributed by atoms with Gasteiger partial charge in [0.1, 0.15) is 12.6 Å². The topological polar surface area (TPSA) is 82.1 Å². The third-order valence-electron chi connectivity index (χ3n) is 3.99. The van der Waals surface area contributed by atoms with Crippen LogP contribution >= 0.6 is 0 Å². The first-order chi connectivity index (χ1) is 11.5. The smallest absolute Gasteiger partial charge is 0.323 e. The Labute approximate surface area is 140 Å². The quantitative estimate of drug-likeness (QED) is 0.561. The van der Waals surface area contributed by atoms with Gasteiger partial charge in [-0.05, 0) is 12.0 Å². The van der Waals surface area contributed by atoms with Crippen LogP contribution in [0.3, 0.4) is 0 Å². The maximum atomic E-state index is 12.0. The van der Waals surface area contributed by atoms with Gasteiger partial charge in [0.05, 0.1) is 26.7 Å². The van der Waals surface area contributed by atoms with Gasteiger partial charge in [-0.15, -0.1) is 0 Å². The lowest BCUT2D eigenvalue weighted by Crippen LogP contribution is -2.40. The summed E-state index contributed by atoms with van der Waals surface area (Å²) in [6.45, 7) is 0.337. The van der Waals surface area contributed by atoms with Crippen LogP contribution in [0.1, 0.15) is 12.0 Å². The largest absolute Gasteiger partial charge is 0.469 e. The van der Waals surface area contributed by atoms with Crippen molar-refractivity contribution in [3.05, 3.63) is 35.9 Å². The highest BCUT2D eigenvalue weighted by molar-refractivity contribution is 5.81. The molecule has 1 saturated heterocycles. The summed E-state index contributed by atoms with van der Waals surface area (Å²) in [4.78, 5) is 37.2. The highest BCUT2D eigenvalue weighted by atomic mass is 16.5. The van der Waals surface area contributed by atoms with Gasteiger partial charge in [-0.2, -0.15) is 0 Å². The molecule has 1 aliphatic heterocycles. The zero-order valence-electron chi connectivity index (χ0n) is 13.8. The van der Waals surface area contributed by atoms with Gasteiger partial charge in [-0.3, -0.25) is 19.3 Å². The fourth-order valence-electron chi connectivity index (χ4n) is 2.75. The van der Waals surface area contributed by atoms with Crippen LogP contribution in [0, 0.1) is 5.92 Å².